The van der Waals surface area contributed by atoms with Crippen LogP contribution >= 0.6 is 0 Å². The molecule has 0 saturated carbocycles. The van der Waals surface area contributed by atoms with Crippen molar-refractivity contribution in [3.05, 3.63) is 59.4 Å². The number of rotatable bonds is 5. The average molecular weight is 313 g/mol. The van der Waals surface area contributed by atoms with Crippen LogP contribution in [0.15, 0.2) is 41.4 Å². The van der Waals surface area contributed by atoms with Crippen LogP contribution in [0.25, 0.3) is 0 Å². The first-order valence-electron chi connectivity index (χ1n) is 6.01. The van der Waals surface area contributed by atoms with Crippen LogP contribution in [0.5, 0.6) is 0 Å². The highest BCUT2D eigenvalue weighted by Crippen LogP contribution is 2.12. The normalized spacial score (nSPS) is 11.6. The Bertz CT molecular complexity index is 734. The molecule has 0 bridgehead atoms. The monoisotopic (exact) mass is 313 g/mol. The molecular formula is C13H13F2N3O2S. The number of nitrogens with one attached hydrogen (secondary N) is 1. The molecule has 0 fully saturated rings. The first-order chi connectivity index (χ1) is 9.92. The second kappa shape index (κ2) is 6.25. The molecule has 0 amide bonds. The Morgan fingerprint density at radius 2 is 1.95 bits per heavy atom. The summed E-state index contributed by atoms with van der Waals surface area (Å²) < 4.78 is 52.6. The molecule has 1 aromatic carbocycles. The summed E-state index contributed by atoms with van der Waals surface area (Å²) in [5.41, 5.74) is 5.84. The molecule has 0 saturated heterocycles. The van der Waals surface area contributed by atoms with Crippen molar-refractivity contribution in [1.29, 1.82) is 0 Å². The molecule has 0 spiro atoms. The molecule has 0 aliphatic rings. The fraction of sp³-hybridized carbons (Fsp3) is 0.154. The third-order valence-electron chi connectivity index (χ3n) is 2.78. The van der Waals surface area contributed by atoms with Crippen molar-refractivity contribution in [2.24, 2.45) is 5.73 Å². The van der Waals surface area contributed by atoms with Crippen molar-refractivity contribution in [1.82, 2.24) is 9.71 Å². The van der Waals surface area contributed by atoms with Crippen LogP contribution in [-0.2, 0) is 23.1 Å². The third-order valence-corrected chi connectivity index (χ3v) is 4.16. The minimum absolute atomic E-state index is 0.0727. The van der Waals surface area contributed by atoms with Gasteiger partial charge in [-0.05, 0) is 30.3 Å². The Morgan fingerprint density at radius 3 is 2.57 bits per heavy atom. The summed E-state index contributed by atoms with van der Waals surface area (Å²) in [6.45, 7) is -0.160. The summed E-state index contributed by atoms with van der Waals surface area (Å²) in [7, 11) is -3.86. The van der Waals surface area contributed by atoms with E-state index in [-0.39, 0.29) is 23.5 Å². The molecule has 2 rings (SSSR count). The van der Waals surface area contributed by atoms with E-state index in [1.165, 1.54) is 12.1 Å². The van der Waals surface area contributed by atoms with Gasteiger partial charge in [-0.3, -0.25) is 4.98 Å². The molecule has 3 N–H and O–H groups in total. The van der Waals surface area contributed by atoms with Gasteiger partial charge in [-0.1, -0.05) is 0 Å². The maximum atomic E-state index is 13.4. The molecular weight excluding hydrogens is 300 g/mol. The van der Waals surface area contributed by atoms with Gasteiger partial charge in [0.2, 0.25) is 10.0 Å². The number of hydrogen-bond acceptors (Lipinski definition) is 4. The van der Waals surface area contributed by atoms with Gasteiger partial charge in [0, 0.05) is 24.8 Å². The van der Waals surface area contributed by atoms with Gasteiger partial charge in [-0.15, -0.1) is 0 Å². The average Bonchev–Trinajstić information content (AvgIpc) is 2.48. The van der Waals surface area contributed by atoms with Crippen molar-refractivity contribution in [2.75, 3.05) is 0 Å². The second-order valence-electron chi connectivity index (χ2n) is 4.25. The predicted octanol–water partition coefficient (Wildman–Crippen LogP) is 1.30. The number of sulfonamides is 1. The first kappa shape index (κ1) is 15.5. The van der Waals surface area contributed by atoms with Gasteiger partial charge in [0.05, 0.1) is 5.69 Å². The molecule has 0 atom stereocenters. The molecule has 0 aliphatic heterocycles. The fourth-order valence-corrected chi connectivity index (χ4v) is 2.58. The Kier molecular flexibility index (Phi) is 4.61. The number of nitrogens with two attached hydrogens (primary N) is 1. The Labute approximate surface area is 120 Å². The van der Waals surface area contributed by atoms with Gasteiger partial charge in [0.1, 0.15) is 16.5 Å². The van der Waals surface area contributed by atoms with Gasteiger partial charge < -0.3 is 5.73 Å². The first-order valence-corrected chi connectivity index (χ1v) is 7.49. The number of nitrogens with zero attached hydrogens (tertiary/aromatic N) is 1. The lowest BCUT2D eigenvalue weighted by molar-refractivity contribution is 0.566. The second-order valence-corrected chi connectivity index (χ2v) is 6.02. The Balaban J connectivity index is 2.15. The number of halogens is 2. The van der Waals surface area contributed by atoms with Gasteiger partial charge in [-0.2, -0.15) is 0 Å². The summed E-state index contributed by atoms with van der Waals surface area (Å²) in [5.74, 6) is -1.32. The fourth-order valence-electron chi connectivity index (χ4n) is 1.63. The number of hydrogen-bond donors (Lipinski definition) is 2. The zero-order valence-corrected chi connectivity index (χ0v) is 11.7. The smallest absolute Gasteiger partial charge is 0.242 e. The van der Waals surface area contributed by atoms with E-state index in [1.54, 1.807) is 0 Å². The van der Waals surface area contributed by atoms with E-state index in [9.17, 15) is 17.2 Å². The van der Waals surface area contributed by atoms with Crippen LogP contribution < -0.4 is 10.5 Å². The zero-order valence-electron chi connectivity index (χ0n) is 10.9. The van der Waals surface area contributed by atoms with E-state index in [0.29, 0.717) is 5.69 Å². The zero-order chi connectivity index (χ0) is 15.5. The van der Waals surface area contributed by atoms with Gasteiger partial charge in [0.25, 0.3) is 0 Å². The van der Waals surface area contributed by atoms with Crippen molar-refractivity contribution in [3.63, 3.8) is 0 Å². The van der Waals surface area contributed by atoms with E-state index in [0.717, 1.165) is 24.4 Å². The SMILES string of the molecule is NCc1ccc(S(=O)(=O)NCc2cc(F)ccc2F)cn1. The summed E-state index contributed by atoms with van der Waals surface area (Å²) in [4.78, 5) is 3.80. The summed E-state index contributed by atoms with van der Waals surface area (Å²) >= 11 is 0. The summed E-state index contributed by atoms with van der Waals surface area (Å²) in [6, 6.07) is 5.67. The topological polar surface area (TPSA) is 85.1 Å². The molecule has 0 aliphatic carbocycles. The number of pyridine rings is 1. The van der Waals surface area contributed by atoms with Crippen molar-refractivity contribution in [2.45, 2.75) is 18.0 Å². The van der Waals surface area contributed by atoms with Crippen molar-refractivity contribution < 1.29 is 17.2 Å². The quantitative estimate of drug-likeness (QED) is 0.871. The highest BCUT2D eigenvalue weighted by Gasteiger charge is 2.15. The maximum Gasteiger partial charge on any atom is 0.242 e. The standard InChI is InChI=1S/C13H13F2N3O2S/c14-10-1-4-13(15)9(5-10)7-18-21(19,20)12-3-2-11(6-16)17-8-12/h1-5,8,18H,6-7,16H2. The van der Waals surface area contributed by atoms with E-state index >= 15 is 0 Å². The molecule has 21 heavy (non-hydrogen) atoms. The lowest BCUT2D eigenvalue weighted by atomic mass is 10.2. The van der Waals surface area contributed by atoms with Crippen LogP contribution in [0, 0.1) is 11.6 Å². The van der Waals surface area contributed by atoms with Crippen LogP contribution in [0.3, 0.4) is 0 Å². The lowest BCUT2D eigenvalue weighted by Crippen LogP contribution is -2.24. The number of benzene rings is 1. The van der Waals surface area contributed by atoms with E-state index in [1.807, 2.05) is 0 Å². The van der Waals surface area contributed by atoms with Gasteiger partial charge >= 0.3 is 0 Å². The van der Waals surface area contributed by atoms with Crippen molar-refractivity contribution >= 4 is 10.0 Å². The minimum atomic E-state index is -3.86. The third kappa shape index (κ3) is 3.81. The summed E-state index contributed by atoms with van der Waals surface area (Å²) in [6.07, 6.45) is 1.16. The molecule has 2 aromatic rings. The molecule has 0 radical (unpaired) electrons. The highest BCUT2D eigenvalue weighted by atomic mass is 32.2. The van der Waals surface area contributed by atoms with Gasteiger partial charge in [0.15, 0.2) is 0 Å². The minimum Gasteiger partial charge on any atom is -0.325 e. The number of aromatic nitrogens is 1. The Morgan fingerprint density at radius 1 is 1.19 bits per heavy atom. The largest absolute Gasteiger partial charge is 0.325 e. The maximum absolute atomic E-state index is 13.4. The van der Waals surface area contributed by atoms with Crippen LogP contribution in [-0.4, -0.2) is 13.4 Å². The van der Waals surface area contributed by atoms with E-state index in [2.05, 4.69) is 9.71 Å². The van der Waals surface area contributed by atoms with E-state index in [4.69, 9.17) is 5.73 Å². The summed E-state index contributed by atoms with van der Waals surface area (Å²) in [5, 5.41) is 0. The molecule has 1 heterocycles. The van der Waals surface area contributed by atoms with Crippen molar-refractivity contribution in [3.8, 4) is 0 Å². The molecule has 1 aromatic heterocycles. The van der Waals surface area contributed by atoms with Gasteiger partial charge in [-0.25, -0.2) is 21.9 Å². The molecule has 0 unspecified atom stereocenters. The van der Waals surface area contributed by atoms with E-state index < -0.39 is 21.7 Å². The van der Waals surface area contributed by atoms with Crippen LogP contribution in [0.4, 0.5) is 8.78 Å². The van der Waals surface area contributed by atoms with Crippen LogP contribution in [0.1, 0.15) is 11.3 Å². The van der Waals surface area contributed by atoms with Crippen LogP contribution in [0.2, 0.25) is 0 Å². The molecule has 8 heteroatoms. The predicted molar refractivity (Wildman–Crippen MR) is 72.5 cm³/mol. The Hall–Kier alpha value is -1.90. The lowest BCUT2D eigenvalue weighted by Gasteiger charge is -2.08. The highest BCUT2D eigenvalue weighted by molar-refractivity contribution is 7.89. The molecule has 5 nitrogen and oxygen atoms in total. The molecule has 112 valence electrons.